The van der Waals surface area contributed by atoms with Gasteiger partial charge in [-0.05, 0) is 35.6 Å². The predicted molar refractivity (Wildman–Crippen MR) is 275 cm³/mol. The van der Waals surface area contributed by atoms with Gasteiger partial charge in [-0.3, -0.25) is 47.9 Å². The zero-order chi connectivity index (χ0) is 54.9. The lowest BCUT2D eigenvalue weighted by atomic mass is 10.0. The van der Waals surface area contributed by atoms with Crippen LogP contribution in [-0.2, 0) is 67.2 Å². The Morgan fingerprint density at radius 1 is 0.827 bits per heavy atom. The fourth-order valence-electron chi connectivity index (χ4n) is 8.24. The zero-order valence-electron chi connectivity index (χ0n) is 41.4. The minimum atomic E-state index is -1.83. The number of aliphatic hydroxyl groups is 1. The molecule has 406 valence electrons. The van der Waals surface area contributed by atoms with E-state index in [-0.39, 0.29) is 65.9 Å². The first-order chi connectivity index (χ1) is 35.6. The highest BCUT2D eigenvalue weighted by atomic mass is 35.5. The average molecular weight is 1100 g/mol. The Morgan fingerprint density at radius 2 is 1.48 bits per heavy atom. The Bertz CT molecular complexity index is 2540. The summed E-state index contributed by atoms with van der Waals surface area (Å²) in [6.45, 7) is 4.31. The fourth-order valence-corrected chi connectivity index (χ4v) is 10.8. The molecule has 0 aliphatic carbocycles. The molecule has 2 saturated heterocycles. The van der Waals surface area contributed by atoms with E-state index >= 15 is 0 Å². The number of carbonyl (C=O) groups is 10. The van der Waals surface area contributed by atoms with Gasteiger partial charge in [0.05, 0.1) is 23.9 Å². The molecule has 5 rings (SSSR count). The van der Waals surface area contributed by atoms with E-state index in [1.54, 1.807) is 44.2 Å². The molecule has 2 aliphatic heterocycles. The van der Waals surface area contributed by atoms with Crippen LogP contribution < -0.4 is 42.5 Å². The minimum absolute atomic E-state index is 0.00390. The van der Waals surface area contributed by atoms with Gasteiger partial charge < -0.3 is 67.7 Å². The first-order valence-corrected chi connectivity index (χ1v) is 26.7. The number of hydrogen-bond acceptors (Lipinski definition) is 15. The number of nitrogens with zero attached hydrogens (tertiary/aromatic N) is 2. The standard InChI is InChI=1S/C48H62ClN11O13S2/c1-24(2)12-31-42(67)58-36(41(66)50-4)21-74-75-22-37(59-45(70)34(16-28-19-51-23-52-28)55-43(68)32(53-25(3)61)14-26-8-6-5-7-9-26)48(73)60-20-29(62)17-38(60)47(72)57-33(15-27-10-11-39(63)30(49)13-27)44(69)56-35(18-40(64)65)46(71)54-31/h5-11,13,19,23-24,29,31-38,62-63H,12,14-18,20-22H2,1-4H3,(H,50,66)(H,51,52)(H,53,61)(H,54,71)(H,55,68)(H,56,69)(H,57,72)(H,58,67)(H,59,70)(H,64,65)/t29?,31-,32-,33-,34-,35-,36-,37-,38-/m1/s1. The zero-order valence-corrected chi connectivity index (χ0v) is 43.8. The number of fused-ring (bicyclic) bond motifs is 1. The van der Waals surface area contributed by atoms with Crippen LogP contribution in [-0.4, -0.2) is 169 Å². The number of benzene rings is 2. The maximum atomic E-state index is 14.9. The SMILES string of the molecule is CNC(=O)[C@H]1CSSC[C@@H](NC(=O)[C@@H](Cc2cnc[nH]2)NC(=O)[C@@H](Cc2ccccc2)NC(C)=O)C(=O)N2CC(O)C[C@@H]2C(=O)N[C@H](Cc2ccc(O)c(Cl)c2)C(=O)N[C@H](CC(=O)O)C(=O)N[C@H](CC(C)C)C(=O)N1. The molecule has 1 aromatic heterocycles. The maximum absolute atomic E-state index is 14.9. The molecule has 9 amide bonds. The van der Waals surface area contributed by atoms with Crippen LogP contribution in [0.1, 0.15) is 56.9 Å². The molecule has 27 heteroatoms. The van der Waals surface area contributed by atoms with Crippen LogP contribution in [0, 0.1) is 5.92 Å². The van der Waals surface area contributed by atoms with Crippen molar-refractivity contribution in [1.29, 1.82) is 0 Å². The van der Waals surface area contributed by atoms with Crippen molar-refractivity contribution < 1.29 is 63.3 Å². The van der Waals surface area contributed by atoms with Crippen molar-refractivity contribution >= 4 is 92.3 Å². The molecule has 3 aromatic rings. The number of halogens is 1. The summed E-state index contributed by atoms with van der Waals surface area (Å²) in [5, 5.41) is 51.5. The highest BCUT2D eigenvalue weighted by Crippen LogP contribution is 2.27. The summed E-state index contributed by atoms with van der Waals surface area (Å²) < 4.78 is 0. The number of phenols is 1. The number of aliphatic hydroxyl groups excluding tert-OH is 1. The fraction of sp³-hybridized carbons (Fsp3) is 0.479. The Balaban J connectivity index is 1.54. The third kappa shape index (κ3) is 17.9. The molecular formula is C48H62ClN11O13S2. The first-order valence-electron chi connectivity index (χ1n) is 23.9. The van der Waals surface area contributed by atoms with Gasteiger partial charge in [0, 0.05) is 69.6 Å². The van der Waals surface area contributed by atoms with Crippen LogP contribution in [0.2, 0.25) is 5.02 Å². The van der Waals surface area contributed by atoms with Gasteiger partial charge in [-0.2, -0.15) is 0 Å². The second-order valence-electron chi connectivity index (χ2n) is 18.4. The first kappa shape index (κ1) is 59.0. The number of aromatic amines is 1. The number of rotatable bonds is 16. The molecule has 2 fully saturated rings. The largest absolute Gasteiger partial charge is 0.506 e. The van der Waals surface area contributed by atoms with Crippen LogP contribution >= 0.6 is 33.2 Å². The minimum Gasteiger partial charge on any atom is -0.506 e. The topological polar surface area (TPSA) is 360 Å². The molecular weight excluding hydrogens is 1040 g/mol. The smallest absolute Gasteiger partial charge is 0.305 e. The Labute approximate surface area is 444 Å². The van der Waals surface area contributed by atoms with E-state index < -0.39 is 127 Å². The van der Waals surface area contributed by atoms with Gasteiger partial charge in [-0.1, -0.05) is 83.4 Å². The van der Waals surface area contributed by atoms with Crippen molar-refractivity contribution in [3.8, 4) is 5.75 Å². The monoisotopic (exact) mass is 1100 g/mol. The Kier molecular flexibility index (Phi) is 22.1. The Morgan fingerprint density at radius 3 is 2.12 bits per heavy atom. The summed E-state index contributed by atoms with van der Waals surface area (Å²) in [4.78, 5) is 146. The highest BCUT2D eigenvalue weighted by Gasteiger charge is 2.44. The van der Waals surface area contributed by atoms with E-state index in [0.29, 0.717) is 11.3 Å². The van der Waals surface area contributed by atoms with Crippen molar-refractivity contribution in [3.63, 3.8) is 0 Å². The number of carbonyl (C=O) groups excluding carboxylic acids is 9. The van der Waals surface area contributed by atoms with E-state index in [1.165, 1.54) is 44.7 Å². The molecule has 9 atom stereocenters. The highest BCUT2D eigenvalue weighted by molar-refractivity contribution is 8.76. The average Bonchev–Trinajstić information content (AvgIpc) is 4.03. The van der Waals surface area contributed by atoms with Gasteiger partial charge in [0.1, 0.15) is 54.1 Å². The number of amides is 9. The molecule has 3 heterocycles. The van der Waals surface area contributed by atoms with E-state index in [0.717, 1.165) is 26.5 Å². The number of hydrogen-bond donors (Lipinski definition) is 12. The lowest BCUT2D eigenvalue weighted by Gasteiger charge is -2.31. The molecule has 0 spiro atoms. The van der Waals surface area contributed by atoms with Gasteiger partial charge in [-0.25, -0.2) is 4.98 Å². The molecule has 1 unspecified atom stereocenters. The van der Waals surface area contributed by atoms with Crippen molar-refractivity contribution in [3.05, 3.63) is 82.9 Å². The number of aromatic hydroxyl groups is 1. The van der Waals surface area contributed by atoms with Gasteiger partial charge in [0.25, 0.3) is 0 Å². The lowest BCUT2D eigenvalue weighted by Crippen LogP contribution is -2.61. The molecule has 2 aliphatic rings. The van der Waals surface area contributed by atoms with Crippen LogP contribution in [0.3, 0.4) is 0 Å². The summed E-state index contributed by atoms with van der Waals surface area (Å²) in [6, 6.07) is 1.10. The maximum Gasteiger partial charge on any atom is 0.305 e. The quantitative estimate of drug-likeness (QED) is 0.0753. The van der Waals surface area contributed by atoms with Crippen LogP contribution in [0.25, 0.3) is 0 Å². The summed E-state index contributed by atoms with van der Waals surface area (Å²) in [6.07, 6.45) is -0.335. The predicted octanol–water partition coefficient (Wildman–Crippen LogP) is -1.17. The number of carboxylic acids is 1. The van der Waals surface area contributed by atoms with Crippen molar-refractivity contribution in [2.45, 2.75) is 114 Å². The number of H-pyrrole nitrogens is 1. The Hall–Kier alpha value is -6.90. The molecule has 0 radical (unpaired) electrons. The van der Waals surface area contributed by atoms with Crippen molar-refractivity contribution in [1.82, 2.24) is 57.4 Å². The lowest BCUT2D eigenvalue weighted by molar-refractivity contribution is -0.142. The van der Waals surface area contributed by atoms with Gasteiger partial charge in [-0.15, -0.1) is 0 Å². The summed E-state index contributed by atoms with van der Waals surface area (Å²) in [5.74, 6) is -10.1. The number of aromatic nitrogens is 2. The van der Waals surface area contributed by atoms with E-state index in [2.05, 4.69) is 52.5 Å². The van der Waals surface area contributed by atoms with Crippen molar-refractivity contribution in [2.24, 2.45) is 5.92 Å². The van der Waals surface area contributed by atoms with Gasteiger partial charge in [0.15, 0.2) is 0 Å². The molecule has 75 heavy (non-hydrogen) atoms. The summed E-state index contributed by atoms with van der Waals surface area (Å²) in [5.41, 5.74) is 1.39. The second-order valence-corrected chi connectivity index (χ2v) is 21.3. The number of phenolic OH excluding ortho intramolecular Hbond substituents is 1. The molecule has 0 saturated carbocycles. The van der Waals surface area contributed by atoms with E-state index in [9.17, 15) is 63.3 Å². The van der Waals surface area contributed by atoms with Crippen LogP contribution in [0.5, 0.6) is 5.75 Å². The number of likely N-dealkylation sites (N-methyl/N-ethyl adjacent to an activating group) is 1. The third-order valence-corrected chi connectivity index (χ3v) is 14.7. The molecule has 2 aromatic carbocycles. The van der Waals surface area contributed by atoms with E-state index in [1.807, 2.05) is 0 Å². The summed E-state index contributed by atoms with van der Waals surface area (Å²) in [7, 11) is 3.34. The molecule has 24 nitrogen and oxygen atoms in total. The molecule has 12 N–H and O–H groups in total. The molecule has 0 bridgehead atoms. The van der Waals surface area contributed by atoms with Gasteiger partial charge in [0.2, 0.25) is 53.2 Å². The number of nitrogens with one attached hydrogen (secondary N) is 9. The number of imidazole rings is 1. The summed E-state index contributed by atoms with van der Waals surface area (Å²) >= 11 is 6.19. The van der Waals surface area contributed by atoms with E-state index in [4.69, 9.17) is 11.6 Å². The number of carboxylic acid groups (broad SMARTS) is 1. The van der Waals surface area contributed by atoms with Crippen LogP contribution in [0.15, 0.2) is 61.1 Å². The van der Waals surface area contributed by atoms with Crippen molar-refractivity contribution in [2.75, 3.05) is 25.1 Å². The second kappa shape index (κ2) is 28.1. The number of aliphatic carboxylic acids is 1. The van der Waals surface area contributed by atoms with Gasteiger partial charge >= 0.3 is 5.97 Å². The van der Waals surface area contributed by atoms with Crippen LogP contribution in [0.4, 0.5) is 0 Å². The normalized spacial score (nSPS) is 23.0. The third-order valence-electron chi connectivity index (χ3n) is 11.9.